The predicted octanol–water partition coefficient (Wildman–Crippen LogP) is 3.03. The van der Waals surface area contributed by atoms with Gasteiger partial charge in [0.1, 0.15) is 11.4 Å². The maximum absolute atomic E-state index is 11.2. The molecule has 1 aromatic carbocycles. The standard InChI is InChI=1S/C25H29N3OS/c29-25(19-27-10-7-23(25)8-11-27)9-6-21-18-26-24(28-12-14-30-15-13-28)17-22(21)16-20-4-2-1-3-5-20/h1-5,17-18,23,29H,7-8,10-16,19H2. The van der Waals surface area contributed by atoms with Gasteiger partial charge in [-0.05, 0) is 49.5 Å². The van der Waals surface area contributed by atoms with Crippen molar-refractivity contribution < 1.29 is 5.11 Å². The molecule has 30 heavy (non-hydrogen) atoms. The van der Waals surface area contributed by atoms with Gasteiger partial charge in [0.2, 0.25) is 0 Å². The molecule has 4 aliphatic rings. The van der Waals surface area contributed by atoms with E-state index in [9.17, 15) is 5.11 Å². The Bertz CT molecular complexity index is 940. The number of hydrogen-bond acceptors (Lipinski definition) is 5. The molecule has 6 rings (SSSR count). The first-order valence-corrected chi connectivity index (χ1v) is 12.2. The lowest BCUT2D eigenvalue weighted by atomic mass is 9.75. The summed E-state index contributed by atoms with van der Waals surface area (Å²) in [5.74, 6) is 10.3. The number of hydrogen-bond donors (Lipinski definition) is 1. The average Bonchev–Trinajstić information content (AvgIpc) is 2.80. The van der Waals surface area contributed by atoms with Crippen molar-refractivity contribution >= 4 is 17.6 Å². The number of aromatic nitrogens is 1. The van der Waals surface area contributed by atoms with Crippen LogP contribution in [0.3, 0.4) is 0 Å². The van der Waals surface area contributed by atoms with E-state index in [4.69, 9.17) is 4.98 Å². The molecule has 4 fully saturated rings. The summed E-state index contributed by atoms with van der Waals surface area (Å²) >= 11 is 2.01. The molecule has 1 unspecified atom stereocenters. The summed E-state index contributed by atoms with van der Waals surface area (Å²) in [5.41, 5.74) is 2.53. The number of fused-ring (bicyclic) bond motifs is 3. The summed E-state index contributed by atoms with van der Waals surface area (Å²) in [6, 6.07) is 12.8. The lowest BCUT2D eigenvalue weighted by molar-refractivity contribution is -0.0713. The number of pyridine rings is 1. The van der Waals surface area contributed by atoms with Crippen LogP contribution >= 0.6 is 11.8 Å². The van der Waals surface area contributed by atoms with E-state index < -0.39 is 5.60 Å². The summed E-state index contributed by atoms with van der Waals surface area (Å²) in [6.45, 7) is 4.96. The number of thioether (sulfide) groups is 1. The summed E-state index contributed by atoms with van der Waals surface area (Å²) in [5, 5.41) is 11.2. The minimum absolute atomic E-state index is 0.297. The van der Waals surface area contributed by atoms with Crippen LogP contribution in [0.5, 0.6) is 0 Å². The Morgan fingerprint density at radius 3 is 2.57 bits per heavy atom. The van der Waals surface area contributed by atoms with E-state index in [2.05, 4.69) is 58.0 Å². The van der Waals surface area contributed by atoms with Gasteiger partial charge in [-0.3, -0.25) is 4.90 Å². The molecular formula is C25H29N3OS. The molecule has 4 nitrogen and oxygen atoms in total. The van der Waals surface area contributed by atoms with E-state index in [1.807, 2.05) is 18.0 Å². The van der Waals surface area contributed by atoms with Gasteiger partial charge in [0.15, 0.2) is 0 Å². The molecule has 5 heterocycles. The second-order valence-electron chi connectivity index (χ2n) is 8.69. The van der Waals surface area contributed by atoms with Crippen molar-refractivity contribution in [3.63, 3.8) is 0 Å². The Morgan fingerprint density at radius 2 is 1.87 bits per heavy atom. The average molecular weight is 420 g/mol. The van der Waals surface area contributed by atoms with Crippen LogP contribution in [0.15, 0.2) is 42.6 Å². The smallest absolute Gasteiger partial charge is 0.141 e. The molecule has 0 radical (unpaired) electrons. The minimum Gasteiger partial charge on any atom is -0.376 e. The van der Waals surface area contributed by atoms with Crippen molar-refractivity contribution in [3.05, 3.63) is 59.3 Å². The Hall–Kier alpha value is -2.00. The minimum atomic E-state index is -0.886. The first-order chi connectivity index (χ1) is 14.7. The van der Waals surface area contributed by atoms with E-state index >= 15 is 0 Å². The molecule has 0 saturated carbocycles. The number of aliphatic hydroxyl groups is 1. The van der Waals surface area contributed by atoms with Crippen molar-refractivity contribution in [1.82, 2.24) is 9.88 Å². The number of rotatable bonds is 3. The zero-order valence-electron chi connectivity index (χ0n) is 17.4. The lowest BCUT2D eigenvalue weighted by Gasteiger charge is -2.47. The normalized spacial score (nSPS) is 28.1. The van der Waals surface area contributed by atoms with Crippen molar-refractivity contribution in [2.24, 2.45) is 5.92 Å². The maximum Gasteiger partial charge on any atom is 0.141 e. The number of benzene rings is 1. The zero-order chi connectivity index (χ0) is 20.4. The van der Waals surface area contributed by atoms with E-state index in [0.717, 1.165) is 68.3 Å². The molecule has 156 valence electrons. The highest BCUT2D eigenvalue weighted by Crippen LogP contribution is 2.35. The van der Waals surface area contributed by atoms with Crippen LogP contribution in [0.4, 0.5) is 5.82 Å². The van der Waals surface area contributed by atoms with Crippen LogP contribution < -0.4 is 4.90 Å². The molecule has 1 atom stereocenters. The second-order valence-corrected chi connectivity index (χ2v) is 9.91. The predicted molar refractivity (Wildman–Crippen MR) is 124 cm³/mol. The highest BCUT2D eigenvalue weighted by molar-refractivity contribution is 7.99. The van der Waals surface area contributed by atoms with Gasteiger partial charge in [-0.1, -0.05) is 42.2 Å². The molecule has 1 aromatic heterocycles. The Labute approximate surface area is 183 Å². The highest BCUT2D eigenvalue weighted by atomic mass is 32.2. The van der Waals surface area contributed by atoms with E-state index in [1.165, 1.54) is 11.1 Å². The second kappa shape index (κ2) is 8.63. The molecular weight excluding hydrogens is 390 g/mol. The van der Waals surface area contributed by atoms with E-state index in [1.54, 1.807) is 0 Å². The fraction of sp³-hybridized carbons (Fsp3) is 0.480. The van der Waals surface area contributed by atoms with Gasteiger partial charge in [0.25, 0.3) is 0 Å². The molecule has 2 aromatic rings. The highest BCUT2D eigenvalue weighted by Gasteiger charge is 2.44. The van der Waals surface area contributed by atoms with Crippen molar-refractivity contribution in [3.8, 4) is 11.8 Å². The largest absolute Gasteiger partial charge is 0.376 e. The molecule has 5 heteroatoms. The monoisotopic (exact) mass is 419 g/mol. The Kier molecular flexibility index (Phi) is 5.73. The van der Waals surface area contributed by atoms with Crippen LogP contribution in [0, 0.1) is 17.8 Å². The summed E-state index contributed by atoms with van der Waals surface area (Å²) in [6.07, 6.45) is 4.85. The van der Waals surface area contributed by atoms with Crippen LogP contribution in [0.25, 0.3) is 0 Å². The van der Waals surface area contributed by atoms with Crippen molar-refractivity contribution in [2.75, 3.05) is 49.1 Å². The molecule has 4 saturated heterocycles. The third-order valence-corrected chi connectivity index (χ3v) is 7.63. The van der Waals surface area contributed by atoms with E-state index in [-0.39, 0.29) is 0 Å². The zero-order valence-corrected chi connectivity index (χ0v) is 18.2. The van der Waals surface area contributed by atoms with Gasteiger partial charge in [0, 0.05) is 48.8 Å². The van der Waals surface area contributed by atoms with Gasteiger partial charge >= 0.3 is 0 Å². The SMILES string of the molecule is OC1(C#Cc2cnc(N3CCSCC3)cc2Cc2ccccc2)CN2CCC1CC2. The molecule has 0 amide bonds. The molecule has 0 aliphatic carbocycles. The molecule has 0 spiro atoms. The van der Waals surface area contributed by atoms with Crippen LogP contribution in [0.2, 0.25) is 0 Å². The Balaban J connectivity index is 1.46. The summed E-state index contributed by atoms with van der Waals surface area (Å²) in [7, 11) is 0. The Morgan fingerprint density at radius 1 is 1.10 bits per heavy atom. The lowest BCUT2D eigenvalue weighted by Crippen LogP contribution is -2.58. The van der Waals surface area contributed by atoms with Gasteiger partial charge in [-0.15, -0.1) is 0 Å². The number of anilines is 1. The van der Waals surface area contributed by atoms with Crippen LogP contribution in [-0.2, 0) is 6.42 Å². The summed E-state index contributed by atoms with van der Waals surface area (Å²) in [4.78, 5) is 9.48. The van der Waals surface area contributed by atoms with E-state index in [0.29, 0.717) is 12.5 Å². The number of nitrogens with zero attached hydrogens (tertiary/aromatic N) is 3. The van der Waals surface area contributed by atoms with Gasteiger partial charge in [0.05, 0.1) is 0 Å². The first-order valence-electron chi connectivity index (χ1n) is 11.0. The van der Waals surface area contributed by atoms with Gasteiger partial charge < -0.3 is 10.0 Å². The van der Waals surface area contributed by atoms with Crippen LogP contribution in [-0.4, -0.2) is 64.8 Å². The van der Waals surface area contributed by atoms with Crippen molar-refractivity contribution in [2.45, 2.75) is 24.9 Å². The maximum atomic E-state index is 11.2. The first kappa shape index (κ1) is 19.9. The third-order valence-electron chi connectivity index (χ3n) is 6.69. The molecule has 1 N–H and O–H groups in total. The summed E-state index contributed by atoms with van der Waals surface area (Å²) < 4.78 is 0. The molecule has 2 bridgehead atoms. The molecule has 4 aliphatic heterocycles. The fourth-order valence-electron chi connectivity index (χ4n) is 4.88. The fourth-order valence-corrected chi connectivity index (χ4v) is 5.78. The number of piperidine rings is 3. The van der Waals surface area contributed by atoms with Crippen LogP contribution in [0.1, 0.15) is 29.5 Å². The quantitative estimate of drug-likeness (QED) is 0.775. The van der Waals surface area contributed by atoms with Gasteiger partial charge in [-0.2, -0.15) is 11.8 Å². The third kappa shape index (κ3) is 4.23. The topological polar surface area (TPSA) is 39.6 Å². The van der Waals surface area contributed by atoms with Crippen molar-refractivity contribution in [1.29, 1.82) is 0 Å². The van der Waals surface area contributed by atoms with Gasteiger partial charge in [-0.25, -0.2) is 4.98 Å².